The van der Waals surface area contributed by atoms with E-state index >= 15 is 0 Å². The minimum Gasteiger partial charge on any atom is -0.338 e. The summed E-state index contributed by atoms with van der Waals surface area (Å²) in [6.07, 6.45) is 0. The Kier molecular flexibility index (Phi) is 4.91. The number of halogens is 1. The zero-order valence-electron chi connectivity index (χ0n) is 13.9. The van der Waals surface area contributed by atoms with Crippen molar-refractivity contribution in [3.05, 3.63) is 41.0 Å². The number of thioether (sulfide) groups is 1. The third-order valence-corrected chi connectivity index (χ3v) is 5.00. The highest BCUT2D eigenvalue weighted by molar-refractivity contribution is 7.99. The van der Waals surface area contributed by atoms with Crippen LogP contribution in [-0.4, -0.2) is 24.9 Å². The lowest BCUT2D eigenvalue weighted by atomic mass is 10.2. The molecule has 6 nitrogen and oxygen atoms in total. The first kappa shape index (κ1) is 17.0. The second-order valence-corrected chi connectivity index (χ2v) is 7.47. The summed E-state index contributed by atoms with van der Waals surface area (Å²) in [6, 6.07) is 7.59. The second-order valence-electron chi connectivity index (χ2n) is 5.75. The molecular weight excluding hydrogens is 346 g/mol. The minimum atomic E-state index is -0.0213. The van der Waals surface area contributed by atoms with Crippen LogP contribution in [0.25, 0.3) is 11.4 Å². The highest BCUT2D eigenvalue weighted by atomic mass is 35.5. The topological polar surface area (TPSA) is 69.6 Å². The van der Waals surface area contributed by atoms with Gasteiger partial charge in [-0.1, -0.05) is 54.5 Å². The summed E-state index contributed by atoms with van der Waals surface area (Å²) < 4.78 is 7.27. The monoisotopic (exact) mass is 363 g/mol. The van der Waals surface area contributed by atoms with Crippen LogP contribution in [0.2, 0.25) is 5.02 Å². The van der Waals surface area contributed by atoms with Crippen molar-refractivity contribution in [2.24, 2.45) is 7.05 Å². The Balaban J connectivity index is 1.82. The molecule has 0 saturated heterocycles. The van der Waals surface area contributed by atoms with E-state index in [1.165, 1.54) is 11.8 Å². The predicted octanol–water partition coefficient (Wildman–Crippen LogP) is 4.50. The lowest BCUT2D eigenvalue weighted by Gasteiger charge is -2.07. The van der Waals surface area contributed by atoms with Crippen LogP contribution in [0.4, 0.5) is 0 Å². The molecule has 126 valence electrons. The van der Waals surface area contributed by atoms with Crippen LogP contribution in [0, 0.1) is 0 Å². The van der Waals surface area contributed by atoms with Gasteiger partial charge < -0.3 is 9.09 Å². The average Bonchev–Trinajstić information content (AvgIpc) is 3.17. The van der Waals surface area contributed by atoms with Crippen LogP contribution in [0.15, 0.2) is 33.9 Å². The molecule has 24 heavy (non-hydrogen) atoms. The van der Waals surface area contributed by atoms with Crippen LogP contribution in [0.1, 0.15) is 43.7 Å². The quantitative estimate of drug-likeness (QED) is 0.622. The third-order valence-electron chi connectivity index (χ3n) is 3.55. The molecule has 1 atom stereocenters. The SMILES string of the molecule is CC(C)c1noc([C@H](C)Sc2nnc(-c3ccccc3Cl)n2C)n1. The molecule has 0 bridgehead atoms. The van der Waals surface area contributed by atoms with Crippen molar-refractivity contribution in [3.63, 3.8) is 0 Å². The molecule has 0 radical (unpaired) electrons. The van der Waals surface area contributed by atoms with Crippen molar-refractivity contribution in [1.82, 2.24) is 24.9 Å². The molecule has 2 heterocycles. The van der Waals surface area contributed by atoms with E-state index < -0.39 is 0 Å². The maximum absolute atomic E-state index is 6.25. The molecule has 1 aromatic carbocycles. The van der Waals surface area contributed by atoms with Gasteiger partial charge in [0.15, 0.2) is 16.8 Å². The Hall–Kier alpha value is -1.86. The van der Waals surface area contributed by atoms with Crippen molar-refractivity contribution < 1.29 is 4.52 Å². The molecule has 0 unspecified atom stereocenters. The smallest absolute Gasteiger partial charge is 0.239 e. The number of benzene rings is 1. The fourth-order valence-corrected chi connectivity index (χ4v) is 3.22. The zero-order chi connectivity index (χ0) is 17.3. The van der Waals surface area contributed by atoms with Gasteiger partial charge in [0.1, 0.15) is 0 Å². The Morgan fingerprint density at radius 1 is 1.17 bits per heavy atom. The number of nitrogens with zero attached hydrogens (tertiary/aromatic N) is 5. The molecule has 8 heteroatoms. The zero-order valence-corrected chi connectivity index (χ0v) is 15.5. The van der Waals surface area contributed by atoms with Gasteiger partial charge in [-0.15, -0.1) is 10.2 Å². The molecule has 3 aromatic rings. The van der Waals surface area contributed by atoms with Gasteiger partial charge in [0.25, 0.3) is 0 Å². The van der Waals surface area contributed by atoms with Crippen LogP contribution in [-0.2, 0) is 7.05 Å². The Morgan fingerprint density at radius 3 is 2.58 bits per heavy atom. The van der Waals surface area contributed by atoms with E-state index in [2.05, 4.69) is 20.3 Å². The van der Waals surface area contributed by atoms with Gasteiger partial charge in [-0.2, -0.15) is 4.98 Å². The van der Waals surface area contributed by atoms with E-state index in [4.69, 9.17) is 16.1 Å². The molecule has 0 saturated carbocycles. The number of hydrogen-bond donors (Lipinski definition) is 0. The fraction of sp³-hybridized carbons (Fsp3) is 0.375. The summed E-state index contributed by atoms with van der Waals surface area (Å²) in [5, 5.41) is 13.9. The second kappa shape index (κ2) is 6.94. The molecule has 0 aliphatic heterocycles. The standard InChI is InChI=1S/C16H18ClN5OS/c1-9(2)13-18-15(23-21-13)10(3)24-16-20-19-14(22(16)4)11-7-5-6-8-12(11)17/h5-10H,1-4H3/t10-/m0/s1. The van der Waals surface area contributed by atoms with Gasteiger partial charge in [0.05, 0.1) is 10.3 Å². The Labute approximate surface area is 149 Å². The summed E-state index contributed by atoms with van der Waals surface area (Å²) in [5.74, 6) is 2.27. The highest BCUT2D eigenvalue weighted by Crippen LogP contribution is 2.35. The van der Waals surface area contributed by atoms with Crippen LogP contribution in [0.5, 0.6) is 0 Å². The molecule has 0 N–H and O–H groups in total. The van der Waals surface area contributed by atoms with E-state index in [0.717, 1.165) is 16.5 Å². The maximum atomic E-state index is 6.25. The van der Waals surface area contributed by atoms with Gasteiger partial charge in [-0.05, 0) is 19.1 Å². The van der Waals surface area contributed by atoms with E-state index in [-0.39, 0.29) is 11.2 Å². The fourth-order valence-electron chi connectivity index (χ4n) is 2.15. The lowest BCUT2D eigenvalue weighted by Crippen LogP contribution is -1.98. The lowest BCUT2D eigenvalue weighted by molar-refractivity contribution is 0.373. The molecule has 0 amide bonds. The van der Waals surface area contributed by atoms with E-state index in [9.17, 15) is 0 Å². The molecule has 2 aromatic heterocycles. The largest absolute Gasteiger partial charge is 0.338 e. The van der Waals surface area contributed by atoms with E-state index in [1.807, 2.05) is 56.7 Å². The Bertz CT molecular complexity index is 845. The molecule has 0 aliphatic carbocycles. The van der Waals surface area contributed by atoms with Crippen LogP contribution in [0.3, 0.4) is 0 Å². The first-order valence-electron chi connectivity index (χ1n) is 7.61. The summed E-state index contributed by atoms with van der Waals surface area (Å²) in [6.45, 7) is 6.07. The minimum absolute atomic E-state index is 0.0213. The summed E-state index contributed by atoms with van der Waals surface area (Å²) in [5.41, 5.74) is 0.855. The van der Waals surface area contributed by atoms with Gasteiger partial charge in [0.2, 0.25) is 5.89 Å². The van der Waals surface area contributed by atoms with Crippen molar-refractivity contribution in [2.75, 3.05) is 0 Å². The first-order valence-corrected chi connectivity index (χ1v) is 8.87. The normalized spacial score (nSPS) is 12.8. The number of hydrogen-bond acceptors (Lipinski definition) is 6. The van der Waals surface area contributed by atoms with Crippen molar-refractivity contribution in [1.29, 1.82) is 0 Å². The van der Waals surface area contributed by atoms with Crippen LogP contribution < -0.4 is 0 Å². The summed E-state index contributed by atoms with van der Waals surface area (Å²) in [4.78, 5) is 4.44. The number of rotatable bonds is 5. The number of aromatic nitrogens is 5. The summed E-state index contributed by atoms with van der Waals surface area (Å²) in [7, 11) is 1.92. The van der Waals surface area contributed by atoms with Crippen LogP contribution >= 0.6 is 23.4 Å². The first-order chi connectivity index (χ1) is 11.5. The summed E-state index contributed by atoms with van der Waals surface area (Å²) >= 11 is 7.77. The maximum Gasteiger partial charge on any atom is 0.239 e. The molecule has 3 rings (SSSR count). The average molecular weight is 364 g/mol. The molecular formula is C16H18ClN5OS. The molecule has 0 spiro atoms. The van der Waals surface area contributed by atoms with E-state index in [0.29, 0.717) is 16.7 Å². The highest BCUT2D eigenvalue weighted by Gasteiger charge is 2.21. The third kappa shape index (κ3) is 3.32. The van der Waals surface area contributed by atoms with Gasteiger partial charge in [-0.3, -0.25) is 0 Å². The molecule has 0 fully saturated rings. The van der Waals surface area contributed by atoms with Gasteiger partial charge in [-0.25, -0.2) is 0 Å². The van der Waals surface area contributed by atoms with Gasteiger partial charge in [0, 0.05) is 18.5 Å². The van der Waals surface area contributed by atoms with Crippen molar-refractivity contribution in [2.45, 2.75) is 37.1 Å². The Morgan fingerprint density at radius 2 is 1.92 bits per heavy atom. The van der Waals surface area contributed by atoms with Crippen molar-refractivity contribution in [3.8, 4) is 11.4 Å². The van der Waals surface area contributed by atoms with E-state index in [1.54, 1.807) is 0 Å². The molecule has 0 aliphatic rings. The van der Waals surface area contributed by atoms with Gasteiger partial charge >= 0.3 is 0 Å². The predicted molar refractivity (Wildman–Crippen MR) is 94.1 cm³/mol. The van der Waals surface area contributed by atoms with Crippen molar-refractivity contribution >= 4 is 23.4 Å².